The Labute approximate surface area is 141 Å². The van der Waals surface area contributed by atoms with Gasteiger partial charge in [-0.15, -0.1) is 0 Å². The maximum atomic E-state index is 12.3. The van der Waals surface area contributed by atoms with Gasteiger partial charge in [0.05, 0.1) is 11.3 Å². The highest BCUT2D eigenvalue weighted by Gasteiger charge is 2.27. The van der Waals surface area contributed by atoms with Crippen molar-refractivity contribution in [2.45, 2.75) is 12.5 Å². The molecule has 1 unspecified atom stereocenters. The lowest BCUT2D eigenvalue weighted by Crippen LogP contribution is -2.42. The summed E-state index contributed by atoms with van der Waals surface area (Å²) in [5, 5.41) is 6.20. The molecule has 1 heterocycles. The van der Waals surface area contributed by atoms with Crippen molar-refractivity contribution in [3.05, 3.63) is 63.1 Å². The Bertz CT molecular complexity index is 746. The topological polar surface area (TPSA) is 58.2 Å². The molecule has 2 amide bonds. The van der Waals surface area contributed by atoms with Crippen LogP contribution in [0.5, 0.6) is 0 Å². The molecule has 112 valence electrons. The second-order valence-corrected chi connectivity index (χ2v) is 6.39. The van der Waals surface area contributed by atoms with Crippen molar-refractivity contribution in [1.29, 1.82) is 0 Å². The molecule has 0 bridgehead atoms. The number of hydrogen-bond acceptors (Lipinski definition) is 2. The van der Waals surface area contributed by atoms with E-state index >= 15 is 0 Å². The summed E-state index contributed by atoms with van der Waals surface area (Å²) in [4.78, 5) is 24.6. The Balaban J connectivity index is 1.85. The van der Waals surface area contributed by atoms with Crippen LogP contribution in [-0.4, -0.2) is 17.9 Å². The summed E-state index contributed by atoms with van der Waals surface area (Å²) in [7, 11) is 0. The molecule has 4 nitrogen and oxygen atoms in total. The number of rotatable bonds is 2. The number of fused-ring (bicyclic) bond motifs is 1. The molecule has 0 aliphatic carbocycles. The summed E-state index contributed by atoms with van der Waals surface area (Å²) >= 11 is 9.18. The Hall–Kier alpha value is -1.85. The van der Waals surface area contributed by atoms with Crippen LogP contribution < -0.4 is 10.6 Å². The zero-order valence-corrected chi connectivity index (χ0v) is 13.7. The third kappa shape index (κ3) is 3.15. The van der Waals surface area contributed by atoms with Crippen molar-refractivity contribution in [2.75, 3.05) is 5.32 Å². The largest absolute Gasteiger partial charge is 0.340 e. The fraction of sp³-hybridized carbons (Fsp3) is 0.125. The second kappa shape index (κ2) is 6.10. The first-order valence-electron chi connectivity index (χ1n) is 6.68. The first kappa shape index (κ1) is 15.1. The number of carbonyl (C=O) groups is 2. The second-order valence-electron chi connectivity index (χ2n) is 5.04. The van der Waals surface area contributed by atoms with Crippen LogP contribution in [0.1, 0.15) is 15.9 Å². The molecule has 0 saturated heterocycles. The van der Waals surface area contributed by atoms with Gasteiger partial charge in [-0.3, -0.25) is 9.59 Å². The minimum Gasteiger partial charge on any atom is -0.340 e. The lowest BCUT2D eigenvalue weighted by molar-refractivity contribution is -0.117. The van der Waals surface area contributed by atoms with Crippen LogP contribution in [0, 0.1) is 0 Å². The predicted molar refractivity (Wildman–Crippen MR) is 89.2 cm³/mol. The molecule has 1 aliphatic heterocycles. The van der Waals surface area contributed by atoms with E-state index in [0.717, 1.165) is 10.0 Å². The van der Waals surface area contributed by atoms with Gasteiger partial charge in [-0.05, 0) is 35.9 Å². The van der Waals surface area contributed by atoms with Gasteiger partial charge >= 0.3 is 0 Å². The van der Waals surface area contributed by atoms with Crippen molar-refractivity contribution in [2.24, 2.45) is 0 Å². The van der Waals surface area contributed by atoms with Gasteiger partial charge in [0.15, 0.2) is 0 Å². The van der Waals surface area contributed by atoms with Crippen molar-refractivity contribution >= 4 is 45.0 Å². The molecule has 0 saturated carbocycles. The van der Waals surface area contributed by atoms with Gasteiger partial charge in [0, 0.05) is 15.9 Å². The Kier molecular flexibility index (Phi) is 4.18. The summed E-state index contributed by atoms with van der Waals surface area (Å²) in [6, 6.07) is 11.8. The molecule has 2 N–H and O–H groups in total. The normalized spacial score (nSPS) is 17.3. The zero-order chi connectivity index (χ0) is 15.7. The van der Waals surface area contributed by atoms with Gasteiger partial charge in [0.1, 0.15) is 6.04 Å². The standard InChI is InChI=1S/C16H12BrClN2O2/c17-10-3-6-13-12(8-10)15(21)20-14(16(22)19-13)7-9-1-4-11(18)5-2-9/h1-6,8,14H,7H2,(H,19,22)(H,20,21). The van der Waals surface area contributed by atoms with E-state index in [-0.39, 0.29) is 11.8 Å². The average molecular weight is 380 g/mol. The molecule has 1 aliphatic rings. The summed E-state index contributed by atoms with van der Waals surface area (Å²) < 4.78 is 0.784. The maximum Gasteiger partial charge on any atom is 0.254 e. The highest BCUT2D eigenvalue weighted by atomic mass is 79.9. The first-order chi connectivity index (χ1) is 10.5. The highest BCUT2D eigenvalue weighted by molar-refractivity contribution is 9.10. The third-order valence-electron chi connectivity index (χ3n) is 3.46. The zero-order valence-electron chi connectivity index (χ0n) is 11.4. The number of anilines is 1. The SMILES string of the molecule is O=C1NC(Cc2ccc(Cl)cc2)C(=O)Nc2ccc(Br)cc21. The van der Waals surface area contributed by atoms with Gasteiger partial charge in [-0.25, -0.2) is 0 Å². The van der Waals surface area contributed by atoms with Gasteiger partial charge in [-0.2, -0.15) is 0 Å². The van der Waals surface area contributed by atoms with E-state index in [0.29, 0.717) is 22.7 Å². The first-order valence-corrected chi connectivity index (χ1v) is 7.86. The van der Waals surface area contributed by atoms with E-state index in [2.05, 4.69) is 26.6 Å². The van der Waals surface area contributed by atoms with E-state index in [1.54, 1.807) is 30.3 Å². The lowest BCUT2D eigenvalue weighted by Gasteiger charge is -2.14. The molecule has 2 aromatic carbocycles. The Morgan fingerprint density at radius 3 is 2.55 bits per heavy atom. The van der Waals surface area contributed by atoms with Crippen LogP contribution in [0.4, 0.5) is 5.69 Å². The van der Waals surface area contributed by atoms with Crippen molar-refractivity contribution < 1.29 is 9.59 Å². The van der Waals surface area contributed by atoms with Gasteiger partial charge in [0.2, 0.25) is 5.91 Å². The van der Waals surface area contributed by atoms with Crippen molar-refractivity contribution in [1.82, 2.24) is 5.32 Å². The molecule has 1 atom stereocenters. The number of halogens is 2. The number of hydrogen-bond donors (Lipinski definition) is 2. The molecule has 6 heteroatoms. The van der Waals surface area contributed by atoms with E-state index in [1.807, 2.05) is 12.1 Å². The summed E-state index contributed by atoms with van der Waals surface area (Å²) in [6.07, 6.45) is 0.407. The van der Waals surface area contributed by atoms with Crippen LogP contribution in [0.3, 0.4) is 0 Å². The van der Waals surface area contributed by atoms with Crippen LogP contribution in [-0.2, 0) is 11.2 Å². The molecule has 0 radical (unpaired) electrons. The molecular weight excluding hydrogens is 368 g/mol. The predicted octanol–water partition coefficient (Wildman–Crippen LogP) is 3.40. The van der Waals surface area contributed by atoms with Crippen molar-refractivity contribution in [3.8, 4) is 0 Å². The molecule has 22 heavy (non-hydrogen) atoms. The summed E-state index contributed by atoms with van der Waals surface area (Å²) in [5.74, 6) is -0.502. The van der Waals surface area contributed by atoms with Crippen LogP contribution in [0.2, 0.25) is 5.02 Å². The van der Waals surface area contributed by atoms with E-state index in [4.69, 9.17) is 11.6 Å². The minimum absolute atomic E-state index is 0.232. The van der Waals surface area contributed by atoms with Gasteiger partial charge < -0.3 is 10.6 Å². The minimum atomic E-state index is -0.625. The molecule has 0 spiro atoms. The fourth-order valence-corrected chi connectivity index (χ4v) is 2.82. The van der Waals surface area contributed by atoms with Gasteiger partial charge in [-0.1, -0.05) is 39.7 Å². The van der Waals surface area contributed by atoms with E-state index < -0.39 is 6.04 Å². The third-order valence-corrected chi connectivity index (χ3v) is 4.20. The number of benzene rings is 2. The molecule has 0 fully saturated rings. The molecular formula is C16H12BrClN2O2. The van der Waals surface area contributed by atoms with Crippen LogP contribution in [0.25, 0.3) is 0 Å². The quantitative estimate of drug-likeness (QED) is 0.840. The average Bonchev–Trinajstić information content (AvgIpc) is 2.60. The fourth-order valence-electron chi connectivity index (χ4n) is 2.33. The summed E-state index contributed by atoms with van der Waals surface area (Å²) in [6.45, 7) is 0. The van der Waals surface area contributed by atoms with Crippen LogP contribution in [0.15, 0.2) is 46.9 Å². The smallest absolute Gasteiger partial charge is 0.254 e. The lowest BCUT2D eigenvalue weighted by atomic mass is 10.1. The Morgan fingerprint density at radius 1 is 1.09 bits per heavy atom. The maximum absolute atomic E-state index is 12.3. The number of carbonyl (C=O) groups excluding carboxylic acids is 2. The Morgan fingerprint density at radius 2 is 1.82 bits per heavy atom. The van der Waals surface area contributed by atoms with E-state index in [1.165, 1.54) is 0 Å². The highest BCUT2D eigenvalue weighted by Crippen LogP contribution is 2.24. The molecule has 2 aromatic rings. The molecule has 0 aromatic heterocycles. The van der Waals surface area contributed by atoms with E-state index in [9.17, 15) is 9.59 Å². The van der Waals surface area contributed by atoms with Crippen LogP contribution >= 0.6 is 27.5 Å². The number of nitrogens with one attached hydrogen (secondary N) is 2. The van der Waals surface area contributed by atoms with Gasteiger partial charge in [0.25, 0.3) is 5.91 Å². The number of amides is 2. The molecule has 3 rings (SSSR count). The monoisotopic (exact) mass is 378 g/mol. The van der Waals surface area contributed by atoms with Crippen molar-refractivity contribution in [3.63, 3.8) is 0 Å². The summed E-state index contributed by atoms with van der Waals surface area (Å²) in [5.41, 5.74) is 1.89.